The van der Waals surface area contributed by atoms with Gasteiger partial charge in [0.1, 0.15) is 5.75 Å². The third-order valence-electron chi connectivity index (χ3n) is 5.57. The van der Waals surface area contributed by atoms with Crippen LogP contribution in [0.3, 0.4) is 0 Å². The van der Waals surface area contributed by atoms with Gasteiger partial charge in [-0.15, -0.1) is 0 Å². The minimum Gasteiger partial charge on any atom is -0.494 e. The lowest BCUT2D eigenvalue weighted by Gasteiger charge is -2.28. The van der Waals surface area contributed by atoms with Crippen molar-refractivity contribution in [2.24, 2.45) is 0 Å². The third-order valence-corrected chi connectivity index (χ3v) is 5.93. The lowest BCUT2D eigenvalue weighted by atomic mass is 10.1. The topological polar surface area (TPSA) is 66.6 Å². The van der Waals surface area contributed by atoms with Crippen LogP contribution < -0.4 is 15.6 Å². The van der Waals surface area contributed by atoms with Crippen LogP contribution in [0, 0.1) is 6.92 Å². The van der Waals surface area contributed by atoms with Crippen LogP contribution in [0.1, 0.15) is 30.9 Å². The van der Waals surface area contributed by atoms with Crippen LogP contribution in [0.2, 0.25) is 0 Å². The van der Waals surface area contributed by atoms with Gasteiger partial charge in [0, 0.05) is 35.3 Å². The predicted molar refractivity (Wildman–Crippen MR) is 133 cm³/mol. The highest BCUT2D eigenvalue weighted by Gasteiger charge is 2.22. The standard InChI is InChI=1S/C25H29N3O3S/c1-3-30-21-9-10-23-18(14-21)13-19(24(29)27-23)15-28(16-22-8-5-11-31-22)25(32)26-20-7-4-6-17(2)12-20/h4,6-7,9-10,12-14,22H,3,5,8,11,15-16H2,1-2H3,(H,26,32)(H,27,29)/t22-/m0/s1. The smallest absolute Gasteiger partial charge is 0.253 e. The van der Waals surface area contributed by atoms with Gasteiger partial charge in [0.25, 0.3) is 5.56 Å². The molecular weight excluding hydrogens is 422 g/mol. The Morgan fingerprint density at radius 1 is 1.28 bits per heavy atom. The van der Waals surface area contributed by atoms with Gasteiger partial charge >= 0.3 is 0 Å². The number of hydrogen-bond donors (Lipinski definition) is 2. The van der Waals surface area contributed by atoms with Gasteiger partial charge in [-0.05, 0) is 80.9 Å². The van der Waals surface area contributed by atoms with E-state index in [1.54, 1.807) is 0 Å². The predicted octanol–water partition coefficient (Wildman–Crippen LogP) is 4.61. The van der Waals surface area contributed by atoms with Crippen molar-refractivity contribution in [1.82, 2.24) is 9.88 Å². The average molecular weight is 452 g/mol. The maximum Gasteiger partial charge on any atom is 0.253 e. The molecule has 4 rings (SSSR count). The van der Waals surface area contributed by atoms with Gasteiger partial charge in [-0.3, -0.25) is 4.79 Å². The fourth-order valence-corrected chi connectivity index (χ4v) is 4.25. The first kappa shape index (κ1) is 22.3. The number of nitrogens with one attached hydrogen (secondary N) is 2. The zero-order valence-electron chi connectivity index (χ0n) is 18.5. The van der Waals surface area contributed by atoms with Gasteiger partial charge in [-0.1, -0.05) is 12.1 Å². The van der Waals surface area contributed by atoms with E-state index in [0.29, 0.717) is 30.4 Å². The van der Waals surface area contributed by atoms with Gasteiger partial charge in [-0.2, -0.15) is 0 Å². The highest BCUT2D eigenvalue weighted by molar-refractivity contribution is 7.80. The van der Waals surface area contributed by atoms with Crippen LogP contribution in [0.15, 0.2) is 53.3 Å². The SMILES string of the molecule is CCOc1ccc2[nH]c(=O)c(CN(C[C@@H]3CCCO3)C(=S)Nc3cccc(C)c3)cc2c1. The summed E-state index contributed by atoms with van der Waals surface area (Å²) < 4.78 is 11.5. The molecule has 0 bridgehead atoms. The van der Waals surface area contributed by atoms with Crippen molar-refractivity contribution in [3.8, 4) is 5.75 Å². The summed E-state index contributed by atoms with van der Waals surface area (Å²) in [6.45, 7) is 6.38. The Hall–Kier alpha value is -2.90. The van der Waals surface area contributed by atoms with Gasteiger partial charge in [0.05, 0.1) is 19.3 Å². The number of H-pyrrole nitrogens is 1. The van der Waals surface area contributed by atoms with Gasteiger partial charge in [-0.25, -0.2) is 0 Å². The molecule has 168 valence electrons. The molecule has 0 aliphatic carbocycles. The lowest BCUT2D eigenvalue weighted by Crippen LogP contribution is -2.40. The second-order valence-electron chi connectivity index (χ2n) is 8.12. The number of fused-ring (bicyclic) bond motifs is 1. The first-order valence-corrected chi connectivity index (χ1v) is 11.5. The van der Waals surface area contributed by atoms with Crippen molar-refractivity contribution >= 4 is 33.9 Å². The maximum atomic E-state index is 12.8. The minimum atomic E-state index is -0.114. The third kappa shape index (κ3) is 5.47. The summed E-state index contributed by atoms with van der Waals surface area (Å²) in [5.74, 6) is 0.783. The number of anilines is 1. The lowest BCUT2D eigenvalue weighted by molar-refractivity contribution is 0.0904. The highest BCUT2D eigenvalue weighted by atomic mass is 32.1. The molecule has 0 unspecified atom stereocenters. The average Bonchev–Trinajstić information content (AvgIpc) is 3.27. The number of aromatic amines is 1. The quantitative estimate of drug-likeness (QED) is 0.511. The Morgan fingerprint density at radius 2 is 2.16 bits per heavy atom. The molecule has 32 heavy (non-hydrogen) atoms. The molecule has 7 heteroatoms. The zero-order valence-corrected chi connectivity index (χ0v) is 19.3. The zero-order chi connectivity index (χ0) is 22.5. The molecule has 1 fully saturated rings. The first-order valence-electron chi connectivity index (χ1n) is 11.0. The van der Waals surface area contributed by atoms with Crippen LogP contribution >= 0.6 is 12.2 Å². The normalized spacial score (nSPS) is 15.6. The van der Waals surface area contributed by atoms with Crippen molar-refractivity contribution in [1.29, 1.82) is 0 Å². The molecule has 2 aromatic carbocycles. The van der Waals surface area contributed by atoms with E-state index in [9.17, 15) is 4.79 Å². The maximum absolute atomic E-state index is 12.8. The van der Waals surface area contributed by atoms with Crippen molar-refractivity contribution in [2.45, 2.75) is 39.3 Å². The van der Waals surface area contributed by atoms with Crippen molar-refractivity contribution in [3.63, 3.8) is 0 Å². The van der Waals surface area contributed by atoms with Crippen molar-refractivity contribution < 1.29 is 9.47 Å². The number of nitrogens with zero attached hydrogens (tertiary/aromatic N) is 1. The fraction of sp³-hybridized carbons (Fsp3) is 0.360. The summed E-state index contributed by atoms with van der Waals surface area (Å²) in [5.41, 5.74) is 3.41. The van der Waals surface area contributed by atoms with E-state index in [-0.39, 0.29) is 11.7 Å². The molecule has 1 aromatic heterocycles. The molecule has 1 aliphatic rings. The highest BCUT2D eigenvalue weighted by Crippen LogP contribution is 2.21. The summed E-state index contributed by atoms with van der Waals surface area (Å²) in [4.78, 5) is 17.8. The molecular formula is C25H29N3O3S. The second kappa shape index (κ2) is 10.1. The molecule has 0 saturated carbocycles. The monoisotopic (exact) mass is 451 g/mol. The molecule has 2 N–H and O–H groups in total. The van der Waals surface area contributed by atoms with Crippen molar-refractivity contribution in [2.75, 3.05) is 25.1 Å². The van der Waals surface area contributed by atoms with Crippen LogP contribution in [0.4, 0.5) is 5.69 Å². The molecule has 1 saturated heterocycles. The fourth-order valence-electron chi connectivity index (χ4n) is 3.99. The van der Waals surface area contributed by atoms with E-state index in [1.165, 1.54) is 0 Å². The van der Waals surface area contributed by atoms with E-state index in [2.05, 4.69) is 16.4 Å². The van der Waals surface area contributed by atoms with Crippen LogP contribution in [0.5, 0.6) is 5.75 Å². The Balaban J connectivity index is 1.60. The minimum absolute atomic E-state index is 0.108. The number of pyridine rings is 1. The van der Waals surface area contributed by atoms with E-state index < -0.39 is 0 Å². The summed E-state index contributed by atoms with van der Waals surface area (Å²) in [6, 6.07) is 15.7. The summed E-state index contributed by atoms with van der Waals surface area (Å²) in [6.07, 6.45) is 2.15. The number of thiocarbonyl (C=S) groups is 1. The molecule has 6 nitrogen and oxygen atoms in total. The number of aromatic nitrogens is 1. The number of benzene rings is 2. The molecule has 0 radical (unpaired) electrons. The number of rotatable bonds is 7. The van der Waals surface area contributed by atoms with Crippen LogP contribution in [0.25, 0.3) is 10.9 Å². The Kier molecular flexibility index (Phi) is 7.07. The van der Waals surface area contributed by atoms with E-state index in [4.69, 9.17) is 21.7 Å². The van der Waals surface area contributed by atoms with E-state index in [0.717, 1.165) is 47.4 Å². The Morgan fingerprint density at radius 3 is 2.91 bits per heavy atom. The number of ether oxygens (including phenoxy) is 2. The Labute approximate surface area is 193 Å². The summed E-state index contributed by atoms with van der Waals surface area (Å²) in [5, 5.41) is 4.84. The summed E-state index contributed by atoms with van der Waals surface area (Å²) >= 11 is 5.76. The van der Waals surface area contributed by atoms with Crippen LogP contribution in [-0.4, -0.2) is 40.9 Å². The summed E-state index contributed by atoms with van der Waals surface area (Å²) in [7, 11) is 0. The number of aryl methyl sites for hydroxylation is 1. The van der Waals surface area contributed by atoms with Crippen LogP contribution in [-0.2, 0) is 11.3 Å². The van der Waals surface area contributed by atoms with E-state index in [1.807, 2.05) is 61.2 Å². The molecule has 0 amide bonds. The number of hydrogen-bond acceptors (Lipinski definition) is 4. The molecule has 0 spiro atoms. The molecule has 3 aromatic rings. The molecule has 1 aliphatic heterocycles. The van der Waals surface area contributed by atoms with Gasteiger partial charge < -0.3 is 24.7 Å². The molecule has 1 atom stereocenters. The van der Waals surface area contributed by atoms with Crippen molar-refractivity contribution in [3.05, 3.63) is 70.0 Å². The largest absolute Gasteiger partial charge is 0.494 e. The van der Waals surface area contributed by atoms with Gasteiger partial charge in [0.2, 0.25) is 0 Å². The van der Waals surface area contributed by atoms with E-state index >= 15 is 0 Å². The second-order valence-corrected chi connectivity index (χ2v) is 8.51. The first-order chi connectivity index (χ1) is 15.5. The molecule has 2 heterocycles. The Bertz CT molecular complexity index is 1150. The van der Waals surface area contributed by atoms with Gasteiger partial charge in [0.15, 0.2) is 5.11 Å².